The normalized spacial score (nSPS) is 13.3. The molecule has 1 aromatic rings. The molecule has 0 bridgehead atoms. The fourth-order valence-corrected chi connectivity index (χ4v) is 1.71. The van der Waals surface area contributed by atoms with Gasteiger partial charge in [0.2, 0.25) is 0 Å². The molecule has 4 nitrogen and oxygen atoms in total. The summed E-state index contributed by atoms with van der Waals surface area (Å²) < 4.78 is 2.07. The first-order valence-corrected chi connectivity index (χ1v) is 6.09. The molecule has 0 radical (unpaired) electrons. The van der Waals surface area contributed by atoms with Crippen molar-refractivity contribution in [1.82, 2.24) is 14.9 Å². The van der Waals surface area contributed by atoms with Gasteiger partial charge in [0.25, 0.3) is 0 Å². The first-order chi connectivity index (χ1) is 8.03. The second-order valence-corrected chi connectivity index (χ2v) is 5.36. The van der Waals surface area contributed by atoms with Crippen LogP contribution in [0.4, 0.5) is 0 Å². The largest absolute Gasteiger partial charge is 0.336 e. The van der Waals surface area contributed by atoms with Crippen molar-refractivity contribution in [2.24, 2.45) is 5.41 Å². The maximum Gasteiger partial charge on any atom is 0.0946 e. The maximum atomic E-state index is 8.60. The van der Waals surface area contributed by atoms with Gasteiger partial charge in [0.1, 0.15) is 0 Å². The van der Waals surface area contributed by atoms with Crippen molar-refractivity contribution in [3.05, 3.63) is 18.7 Å². The Morgan fingerprint density at radius 1 is 1.53 bits per heavy atom. The average molecular weight is 234 g/mol. The Labute approximate surface area is 104 Å². The zero-order valence-electron chi connectivity index (χ0n) is 11.0. The van der Waals surface area contributed by atoms with E-state index in [0.717, 1.165) is 19.5 Å². The van der Waals surface area contributed by atoms with E-state index in [1.807, 2.05) is 12.5 Å². The molecule has 1 rings (SSSR count). The molecule has 0 aliphatic rings. The number of nitrogens with one attached hydrogen (secondary N) is 1. The molecule has 0 saturated carbocycles. The van der Waals surface area contributed by atoms with E-state index in [2.05, 4.69) is 41.7 Å². The van der Waals surface area contributed by atoms with Gasteiger partial charge in [-0.2, -0.15) is 5.26 Å². The summed E-state index contributed by atoms with van der Waals surface area (Å²) in [6, 6.07) is 2.62. The summed E-state index contributed by atoms with van der Waals surface area (Å²) in [4.78, 5) is 4.02. The third-order valence-corrected chi connectivity index (χ3v) is 2.89. The SMILES string of the molecule is CC(Cn1ccnc1)NCC(C)(C)CCC#N. The van der Waals surface area contributed by atoms with Crippen LogP contribution in [0.25, 0.3) is 0 Å². The molecule has 0 aliphatic heterocycles. The molecule has 94 valence electrons. The number of aromatic nitrogens is 2. The monoisotopic (exact) mass is 234 g/mol. The Morgan fingerprint density at radius 3 is 2.88 bits per heavy atom. The van der Waals surface area contributed by atoms with Crippen LogP contribution in [0.15, 0.2) is 18.7 Å². The Morgan fingerprint density at radius 2 is 2.29 bits per heavy atom. The van der Waals surface area contributed by atoms with Crippen LogP contribution < -0.4 is 5.32 Å². The molecule has 4 heteroatoms. The third-order valence-electron chi connectivity index (χ3n) is 2.89. The second-order valence-electron chi connectivity index (χ2n) is 5.36. The van der Waals surface area contributed by atoms with Gasteiger partial charge in [-0.15, -0.1) is 0 Å². The lowest BCUT2D eigenvalue weighted by Crippen LogP contribution is -2.37. The highest BCUT2D eigenvalue weighted by Crippen LogP contribution is 2.20. The molecule has 1 aromatic heterocycles. The van der Waals surface area contributed by atoms with Gasteiger partial charge in [-0.05, 0) is 18.8 Å². The van der Waals surface area contributed by atoms with Gasteiger partial charge in [-0.25, -0.2) is 4.98 Å². The minimum atomic E-state index is 0.179. The first-order valence-electron chi connectivity index (χ1n) is 6.09. The van der Waals surface area contributed by atoms with E-state index in [1.54, 1.807) is 6.20 Å². The summed E-state index contributed by atoms with van der Waals surface area (Å²) in [5.74, 6) is 0. The van der Waals surface area contributed by atoms with E-state index in [4.69, 9.17) is 5.26 Å². The lowest BCUT2D eigenvalue weighted by atomic mass is 9.88. The topological polar surface area (TPSA) is 53.6 Å². The average Bonchev–Trinajstić information content (AvgIpc) is 2.77. The molecule has 1 heterocycles. The van der Waals surface area contributed by atoms with E-state index in [1.165, 1.54) is 0 Å². The summed E-state index contributed by atoms with van der Waals surface area (Å²) in [6.45, 7) is 8.42. The van der Waals surface area contributed by atoms with Gasteiger partial charge >= 0.3 is 0 Å². The predicted molar refractivity (Wildman–Crippen MR) is 68.3 cm³/mol. The third kappa shape index (κ3) is 5.50. The summed E-state index contributed by atoms with van der Waals surface area (Å²) in [5.41, 5.74) is 0.179. The van der Waals surface area contributed by atoms with Crippen molar-refractivity contribution in [3.63, 3.8) is 0 Å². The van der Waals surface area contributed by atoms with E-state index >= 15 is 0 Å². The van der Waals surface area contributed by atoms with Crippen molar-refractivity contribution >= 4 is 0 Å². The molecule has 0 amide bonds. The van der Waals surface area contributed by atoms with Crippen LogP contribution in [0.3, 0.4) is 0 Å². The molecule has 0 spiro atoms. The summed E-state index contributed by atoms with van der Waals surface area (Å²) >= 11 is 0. The van der Waals surface area contributed by atoms with Crippen LogP contribution in [-0.2, 0) is 6.54 Å². The second kappa shape index (κ2) is 6.41. The van der Waals surface area contributed by atoms with Gasteiger partial charge in [0, 0.05) is 37.9 Å². The number of imidazole rings is 1. The highest BCUT2D eigenvalue weighted by Gasteiger charge is 2.18. The number of hydrogen-bond donors (Lipinski definition) is 1. The number of hydrogen-bond acceptors (Lipinski definition) is 3. The molecule has 17 heavy (non-hydrogen) atoms. The standard InChI is InChI=1S/C13H22N4/c1-12(9-17-8-7-15-11-17)16-10-13(2,3)5-4-6-14/h7-8,11-12,16H,4-5,9-10H2,1-3H3. The summed E-state index contributed by atoms with van der Waals surface area (Å²) in [5, 5.41) is 12.1. The zero-order valence-corrected chi connectivity index (χ0v) is 11.0. The predicted octanol–water partition coefficient (Wildman–Crippen LogP) is 2.19. The minimum Gasteiger partial charge on any atom is -0.336 e. The number of nitriles is 1. The van der Waals surface area contributed by atoms with Gasteiger partial charge < -0.3 is 9.88 Å². The lowest BCUT2D eigenvalue weighted by molar-refractivity contribution is 0.296. The van der Waals surface area contributed by atoms with Crippen molar-refractivity contribution in [3.8, 4) is 6.07 Å². The number of nitrogens with zero attached hydrogens (tertiary/aromatic N) is 3. The molecule has 1 atom stereocenters. The lowest BCUT2D eigenvalue weighted by Gasteiger charge is -2.26. The Hall–Kier alpha value is -1.34. The molecule has 1 N–H and O–H groups in total. The van der Waals surface area contributed by atoms with Crippen molar-refractivity contribution < 1.29 is 0 Å². The molecular formula is C13H22N4. The van der Waals surface area contributed by atoms with Crippen molar-refractivity contribution in [1.29, 1.82) is 5.26 Å². The van der Waals surface area contributed by atoms with E-state index < -0.39 is 0 Å². The fraction of sp³-hybridized carbons (Fsp3) is 0.692. The molecule has 0 saturated heterocycles. The molecule has 0 fully saturated rings. The van der Waals surface area contributed by atoms with Gasteiger partial charge in [0.05, 0.1) is 12.4 Å². The molecule has 1 unspecified atom stereocenters. The minimum absolute atomic E-state index is 0.179. The maximum absolute atomic E-state index is 8.60. The van der Waals surface area contributed by atoms with E-state index in [-0.39, 0.29) is 5.41 Å². The van der Waals surface area contributed by atoms with Crippen LogP contribution in [0, 0.1) is 16.7 Å². The van der Waals surface area contributed by atoms with Crippen LogP contribution in [0.5, 0.6) is 0 Å². The van der Waals surface area contributed by atoms with Gasteiger partial charge in [-0.1, -0.05) is 13.8 Å². The smallest absolute Gasteiger partial charge is 0.0946 e. The summed E-state index contributed by atoms with van der Waals surface area (Å²) in [7, 11) is 0. The quantitative estimate of drug-likeness (QED) is 0.787. The Balaban J connectivity index is 2.27. The van der Waals surface area contributed by atoms with E-state index in [0.29, 0.717) is 12.5 Å². The van der Waals surface area contributed by atoms with Crippen LogP contribution in [0.2, 0.25) is 0 Å². The van der Waals surface area contributed by atoms with E-state index in [9.17, 15) is 0 Å². The zero-order chi connectivity index (χ0) is 12.7. The Bertz CT molecular complexity index is 348. The van der Waals surface area contributed by atoms with Crippen LogP contribution in [0.1, 0.15) is 33.6 Å². The summed E-state index contributed by atoms with van der Waals surface area (Å²) in [6.07, 6.45) is 7.17. The van der Waals surface area contributed by atoms with Crippen molar-refractivity contribution in [2.45, 2.75) is 46.2 Å². The van der Waals surface area contributed by atoms with Crippen molar-refractivity contribution in [2.75, 3.05) is 6.54 Å². The molecule has 0 aliphatic carbocycles. The molecule has 0 aromatic carbocycles. The van der Waals surface area contributed by atoms with Gasteiger partial charge in [0.15, 0.2) is 0 Å². The highest BCUT2D eigenvalue weighted by molar-refractivity contribution is 4.81. The van der Waals surface area contributed by atoms with Gasteiger partial charge in [-0.3, -0.25) is 0 Å². The first kappa shape index (κ1) is 13.7. The fourth-order valence-electron chi connectivity index (χ4n) is 1.71. The molecular weight excluding hydrogens is 212 g/mol. The highest BCUT2D eigenvalue weighted by atomic mass is 15.1. The van der Waals surface area contributed by atoms with Crippen LogP contribution in [-0.4, -0.2) is 22.1 Å². The number of rotatable bonds is 7. The van der Waals surface area contributed by atoms with Crippen LogP contribution >= 0.6 is 0 Å². The Kier molecular flexibility index (Phi) is 5.17.